The van der Waals surface area contributed by atoms with Gasteiger partial charge in [0.15, 0.2) is 0 Å². The molecule has 0 saturated heterocycles. The fraction of sp³-hybridized carbons (Fsp3) is 0.250. The van der Waals surface area contributed by atoms with E-state index in [9.17, 15) is 8.78 Å². The van der Waals surface area contributed by atoms with Crippen molar-refractivity contribution in [1.29, 1.82) is 0 Å². The van der Waals surface area contributed by atoms with E-state index in [1.54, 1.807) is 7.11 Å². The standard InChI is InChI=1S/C16H16ClF2NO/c1-21-11-5-2-10(3-6-11)4-7-16(20)12-8-15(19)13(17)9-14(12)18/h2-3,5-6,8-9,16H,4,7,20H2,1H3. The van der Waals surface area contributed by atoms with Crippen molar-refractivity contribution in [3.05, 3.63) is 64.2 Å². The fourth-order valence-electron chi connectivity index (χ4n) is 2.09. The Kier molecular flexibility index (Phi) is 5.15. The van der Waals surface area contributed by atoms with E-state index in [2.05, 4.69) is 0 Å². The van der Waals surface area contributed by atoms with Crippen LogP contribution in [0, 0.1) is 11.6 Å². The number of hydrogen-bond donors (Lipinski definition) is 1. The van der Waals surface area contributed by atoms with Crippen LogP contribution in [-0.4, -0.2) is 7.11 Å². The van der Waals surface area contributed by atoms with Crippen LogP contribution in [0.3, 0.4) is 0 Å². The normalized spacial score (nSPS) is 12.2. The molecule has 2 nitrogen and oxygen atoms in total. The molecule has 1 unspecified atom stereocenters. The van der Waals surface area contributed by atoms with E-state index >= 15 is 0 Å². The van der Waals surface area contributed by atoms with Crippen LogP contribution >= 0.6 is 11.6 Å². The smallest absolute Gasteiger partial charge is 0.142 e. The summed E-state index contributed by atoms with van der Waals surface area (Å²) in [6.45, 7) is 0. The van der Waals surface area contributed by atoms with E-state index in [-0.39, 0.29) is 10.6 Å². The van der Waals surface area contributed by atoms with Crippen molar-refractivity contribution in [1.82, 2.24) is 0 Å². The van der Waals surface area contributed by atoms with Gasteiger partial charge in [-0.2, -0.15) is 0 Å². The van der Waals surface area contributed by atoms with Crippen molar-refractivity contribution in [3.8, 4) is 5.75 Å². The van der Waals surface area contributed by atoms with Gasteiger partial charge in [-0.1, -0.05) is 23.7 Å². The number of nitrogens with two attached hydrogens (primary N) is 1. The molecule has 112 valence electrons. The summed E-state index contributed by atoms with van der Waals surface area (Å²) >= 11 is 5.52. The molecule has 0 spiro atoms. The summed E-state index contributed by atoms with van der Waals surface area (Å²) in [6.07, 6.45) is 1.17. The Labute approximate surface area is 127 Å². The second-order valence-corrected chi connectivity index (χ2v) is 5.19. The molecular formula is C16H16ClF2NO. The van der Waals surface area contributed by atoms with E-state index in [1.807, 2.05) is 24.3 Å². The molecule has 21 heavy (non-hydrogen) atoms. The minimum atomic E-state index is -0.659. The maximum absolute atomic E-state index is 13.8. The molecule has 0 fully saturated rings. The number of benzene rings is 2. The topological polar surface area (TPSA) is 35.2 Å². The van der Waals surface area contributed by atoms with Crippen LogP contribution in [-0.2, 0) is 6.42 Å². The molecule has 0 saturated carbocycles. The molecule has 0 bridgehead atoms. The Bertz CT molecular complexity index is 616. The molecule has 1 atom stereocenters. The Balaban J connectivity index is 2.04. The summed E-state index contributed by atoms with van der Waals surface area (Å²) in [5, 5.41) is -0.237. The third-order valence-corrected chi connectivity index (χ3v) is 3.63. The predicted molar refractivity (Wildman–Crippen MR) is 79.6 cm³/mol. The average molecular weight is 312 g/mol. The number of hydrogen-bond acceptors (Lipinski definition) is 2. The van der Waals surface area contributed by atoms with Gasteiger partial charge in [0.2, 0.25) is 0 Å². The van der Waals surface area contributed by atoms with Gasteiger partial charge in [-0.25, -0.2) is 8.78 Å². The Morgan fingerprint density at radius 3 is 2.43 bits per heavy atom. The lowest BCUT2D eigenvalue weighted by Gasteiger charge is -2.14. The molecule has 0 radical (unpaired) electrons. The van der Waals surface area contributed by atoms with Gasteiger partial charge >= 0.3 is 0 Å². The first kappa shape index (κ1) is 15.7. The molecule has 0 heterocycles. The summed E-state index contributed by atoms with van der Waals surface area (Å²) in [4.78, 5) is 0. The summed E-state index contributed by atoms with van der Waals surface area (Å²) < 4.78 is 32.2. The number of methoxy groups -OCH3 is 1. The lowest BCUT2D eigenvalue weighted by atomic mass is 9.99. The van der Waals surface area contributed by atoms with Gasteiger partial charge in [-0.3, -0.25) is 0 Å². The Morgan fingerprint density at radius 1 is 1.14 bits per heavy atom. The largest absolute Gasteiger partial charge is 0.497 e. The molecule has 0 aliphatic carbocycles. The molecule has 0 aliphatic rings. The molecule has 5 heteroatoms. The molecule has 2 aromatic carbocycles. The van der Waals surface area contributed by atoms with E-state index in [0.717, 1.165) is 23.4 Å². The molecular weight excluding hydrogens is 296 g/mol. The van der Waals surface area contributed by atoms with Crippen LogP contribution in [0.2, 0.25) is 5.02 Å². The lowest BCUT2D eigenvalue weighted by Crippen LogP contribution is -2.13. The number of ether oxygens (including phenoxy) is 1. The number of aryl methyl sites for hydroxylation is 1. The van der Waals surface area contributed by atoms with Crippen LogP contribution in [0.15, 0.2) is 36.4 Å². The number of halogens is 3. The Hall–Kier alpha value is -1.65. The van der Waals surface area contributed by atoms with Crippen LogP contribution < -0.4 is 10.5 Å². The summed E-state index contributed by atoms with van der Waals surface area (Å²) in [7, 11) is 1.60. The first-order valence-corrected chi connectivity index (χ1v) is 6.92. The van der Waals surface area contributed by atoms with Gasteiger partial charge in [0, 0.05) is 11.6 Å². The zero-order valence-electron chi connectivity index (χ0n) is 11.6. The van der Waals surface area contributed by atoms with Crippen molar-refractivity contribution in [2.24, 2.45) is 5.73 Å². The summed E-state index contributed by atoms with van der Waals surface area (Å²) in [5.74, 6) is -0.467. The van der Waals surface area contributed by atoms with Crippen molar-refractivity contribution in [2.75, 3.05) is 7.11 Å². The lowest BCUT2D eigenvalue weighted by molar-refractivity contribution is 0.414. The van der Waals surface area contributed by atoms with E-state index in [1.165, 1.54) is 0 Å². The average Bonchev–Trinajstić information content (AvgIpc) is 2.49. The van der Waals surface area contributed by atoms with Crippen LogP contribution in [0.25, 0.3) is 0 Å². The monoisotopic (exact) mass is 311 g/mol. The van der Waals surface area contributed by atoms with Crippen molar-refractivity contribution >= 4 is 11.6 Å². The first-order valence-electron chi connectivity index (χ1n) is 6.54. The second-order valence-electron chi connectivity index (χ2n) is 4.78. The Morgan fingerprint density at radius 2 is 1.81 bits per heavy atom. The highest BCUT2D eigenvalue weighted by Crippen LogP contribution is 2.25. The van der Waals surface area contributed by atoms with Gasteiger partial charge < -0.3 is 10.5 Å². The van der Waals surface area contributed by atoms with Gasteiger partial charge in [0.25, 0.3) is 0 Å². The minimum absolute atomic E-state index is 0.144. The zero-order chi connectivity index (χ0) is 15.4. The molecule has 2 rings (SSSR count). The van der Waals surface area contributed by atoms with Gasteiger partial charge in [0.05, 0.1) is 12.1 Å². The van der Waals surface area contributed by atoms with E-state index in [0.29, 0.717) is 12.8 Å². The fourth-order valence-corrected chi connectivity index (χ4v) is 2.24. The second kappa shape index (κ2) is 6.87. The first-order chi connectivity index (χ1) is 10.0. The molecule has 0 aromatic heterocycles. The highest BCUT2D eigenvalue weighted by atomic mass is 35.5. The maximum atomic E-state index is 13.8. The van der Waals surface area contributed by atoms with Gasteiger partial charge in [0.1, 0.15) is 17.4 Å². The summed E-state index contributed by atoms with van der Waals surface area (Å²) in [6, 6.07) is 8.98. The molecule has 2 N–H and O–H groups in total. The highest BCUT2D eigenvalue weighted by Gasteiger charge is 2.15. The minimum Gasteiger partial charge on any atom is -0.497 e. The summed E-state index contributed by atoms with van der Waals surface area (Å²) in [5.41, 5.74) is 7.14. The molecule has 2 aromatic rings. The van der Waals surface area contributed by atoms with E-state index < -0.39 is 17.7 Å². The highest BCUT2D eigenvalue weighted by molar-refractivity contribution is 6.30. The van der Waals surface area contributed by atoms with Crippen LogP contribution in [0.4, 0.5) is 8.78 Å². The quantitative estimate of drug-likeness (QED) is 0.837. The van der Waals surface area contributed by atoms with Gasteiger partial charge in [-0.05, 0) is 42.7 Å². The van der Waals surface area contributed by atoms with Crippen molar-refractivity contribution in [2.45, 2.75) is 18.9 Å². The number of rotatable bonds is 5. The molecule has 0 aliphatic heterocycles. The van der Waals surface area contributed by atoms with Crippen LogP contribution in [0.1, 0.15) is 23.6 Å². The van der Waals surface area contributed by atoms with Crippen molar-refractivity contribution < 1.29 is 13.5 Å². The maximum Gasteiger partial charge on any atom is 0.142 e. The van der Waals surface area contributed by atoms with E-state index in [4.69, 9.17) is 22.1 Å². The van der Waals surface area contributed by atoms with Crippen molar-refractivity contribution in [3.63, 3.8) is 0 Å². The van der Waals surface area contributed by atoms with Crippen LogP contribution in [0.5, 0.6) is 5.75 Å². The third kappa shape index (κ3) is 3.93. The zero-order valence-corrected chi connectivity index (χ0v) is 12.3. The predicted octanol–water partition coefficient (Wildman–Crippen LogP) is 4.26. The van der Waals surface area contributed by atoms with Gasteiger partial charge in [-0.15, -0.1) is 0 Å². The SMILES string of the molecule is COc1ccc(CCC(N)c2cc(F)c(Cl)cc2F)cc1. The third-order valence-electron chi connectivity index (χ3n) is 3.34. The molecule has 0 amide bonds.